The number of aromatic hydroxyl groups is 1. The van der Waals surface area contributed by atoms with Crippen LogP contribution in [-0.2, 0) is 16.0 Å². The molecule has 0 unspecified atom stereocenters. The standard InChI is InChI=1S/C15H19NO4/c17-13-3-1-11(2-4-13)9-14(18)16-7-5-12(6-8-16)10-15(19)20/h1-4,12,17H,5-10H2,(H,19,20). The summed E-state index contributed by atoms with van der Waals surface area (Å²) in [6.45, 7) is 1.27. The lowest BCUT2D eigenvalue weighted by Gasteiger charge is -2.31. The summed E-state index contributed by atoms with van der Waals surface area (Å²) >= 11 is 0. The van der Waals surface area contributed by atoms with Gasteiger partial charge in [-0.2, -0.15) is 0 Å². The van der Waals surface area contributed by atoms with E-state index in [1.807, 2.05) is 0 Å². The Balaban J connectivity index is 1.82. The maximum Gasteiger partial charge on any atom is 0.303 e. The molecular weight excluding hydrogens is 258 g/mol. The van der Waals surface area contributed by atoms with E-state index in [-0.39, 0.29) is 24.0 Å². The van der Waals surface area contributed by atoms with Crippen molar-refractivity contribution in [2.45, 2.75) is 25.7 Å². The first kappa shape index (κ1) is 14.4. The number of likely N-dealkylation sites (tertiary alicyclic amines) is 1. The van der Waals surface area contributed by atoms with Gasteiger partial charge in [0.25, 0.3) is 0 Å². The molecule has 0 aliphatic carbocycles. The van der Waals surface area contributed by atoms with E-state index in [0.717, 1.165) is 18.4 Å². The highest BCUT2D eigenvalue weighted by molar-refractivity contribution is 5.79. The molecule has 0 bridgehead atoms. The number of phenols is 1. The molecule has 2 N–H and O–H groups in total. The lowest BCUT2D eigenvalue weighted by molar-refractivity contribution is -0.138. The molecule has 0 spiro atoms. The van der Waals surface area contributed by atoms with Crippen molar-refractivity contribution >= 4 is 11.9 Å². The van der Waals surface area contributed by atoms with Crippen LogP contribution < -0.4 is 0 Å². The van der Waals surface area contributed by atoms with Crippen LogP contribution in [0.1, 0.15) is 24.8 Å². The zero-order valence-electron chi connectivity index (χ0n) is 11.3. The molecule has 1 amide bonds. The van der Waals surface area contributed by atoms with Gasteiger partial charge < -0.3 is 15.1 Å². The Bertz CT molecular complexity index is 475. The second-order valence-electron chi connectivity index (χ2n) is 5.27. The smallest absolute Gasteiger partial charge is 0.303 e. The molecular formula is C15H19NO4. The van der Waals surface area contributed by atoms with Crippen LogP contribution in [0.2, 0.25) is 0 Å². The molecule has 0 atom stereocenters. The number of benzene rings is 1. The van der Waals surface area contributed by atoms with E-state index in [0.29, 0.717) is 19.5 Å². The quantitative estimate of drug-likeness (QED) is 0.877. The monoisotopic (exact) mass is 277 g/mol. The minimum absolute atomic E-state index is 0.0597. The summed E-state index contributed by atoms with van der Waals surface area (Å²) in [6, 6.07) is 6.62. The van der Waals surface area contributed by atoms with E-state index in [9.17, 15) is 14.7 Å². The van der Waals surface area contributed by atoms with E-state index < -0.39 is 5.97 Å². The zero-order chi connectivity index (χ0) is 14.5. The molecule has 1 aromatic rings. The lowest BCUT2D eigenvalue weighted by atomic mass is 9.93. The predicted molar refractivity (Wildman–Crippen MR) is 73.4 cm³/mol. The molecule has 0 aromatic heterocycles. The normalized spacial score (nSPS) is 16.1. The molecule has 1 saturated heterocycles. The van der Waals surface area contributed by atoms with Gasteiger partial charge in [-0.25, -0.2) is 0 Å². The topological polar surface area (TPSA) is 77.8 Å². The van der Waals surface area contributed by atoms with E-state index >= 15 is 0 Å². The number of carbonyl (C=O) groups is 2. The van der Waals surface area contributed by atoms with Crippen molar-refractivity contribution in [3.05, 3.63) is 29.8 Å². The number of carbonyl (C=O) groups excluding carboxylic acids is 1. The molecule has 0 radical (unpaired) electrons. The summed E-state index contributed by atoms with van der Waals surface area (Å²) in [5.41, 5.74) is 0.875. The van der Waals surface area contributed by atoms with Crippen LogP contribution in [0.25, 0.3) is 0 Å². The van der Waals surface area contributed by atoms with Crippen molar-refractivity contribution in [3.63, 3.8) is 0 Å². The molecule has 1 aromatic carbocycles. The minimum Gasteiger partial charge on any atom is -0.508 e. The summed E-state index contributed by atoms with van der Waals surface area (Å²) in [5, 5.41) is 18.0. The number of amides is 1. The SMILES string of the molecule is O=C(O)CC1CCN(C(=O)Cc2ccc(O)cc2)CC1. The van der Waals surface area contributed by atoms with Crippen LogP contribution in [0, 0.1) is 5.92 Å². The second kappa shape index (κ2) is 6.41. The van der Waals surface area contributed by atoms with E-state index in [4.69, 9.17) is 5.11 Å². The van der Waals surface area contributed by atoms with Gasteiger partial charge in [0.2, 0.25) is 5.91 Å². The van der Waals surface area contributed by atoms with Crippen LogP contribution in [0.15, 0.2) is 24.3 Å². The first-order valence-corrected chi connectivity index (χ1v) is 6.82. The molecule has 108 valence electrons. The Kier molecular flexibility index (Phi) is 4.61. The molecule has 2 rings (SSSR count). The Morgan fingerprint density at radius 2 is 1.75 bits per heavy atom. The van der Waals surface area contributed by atoms with Crippen molar-refractivity contribution in [2.75, 3.05) is 13.1 Å². The number of nitrogens with zero attached hydrogens (tertiary/aromatic N) is 1. The summed E-state index contributed by atoms with van der Waals surface area (Å²) in [4.78, 5) is 24.6. The fraction of sp³-hybridized carbons (Fsp3) is 0.467. The van der Waals surface area contributed by atoms with Crippen molar-refractivity contribution in [3.8, 4) is 5.75 Å². The Labute approximate surface area is 117 Å². The average molecular weight is 277 g/mol. The fourth-order valence-electron chi connectivity index (χ4n) is 2.53. The molecule has 0 saturated carbocycles. The van der Waals surface area contributed by atoms with Gasteiger partial charge in [0.05, 0.1) is 6.42 Å². The maximum atomic E-state index is 12.1. The Morgan fingerprint density at radius 1 is 1.15 bits per heavy atom. The van der Waals surface area contributed by atoms with E-state index in [1.165, 1.54) is 0 Å². The number of aliphatic carboxylic acids is 1. The van der Waals surface area contributed by atoms with Gasteiger partial charge in [-0.05, 0) is 36.5 Å². The summed E-state index contributed by atoms with van der Waals surface area (Å²) in [5.74, 6) is -0.329. The van der Waals surface area contributed by atoms with Crippen LogP contribution in [0.3, 0.4) is 0 Å². The molecule has 5 heteroatoms. The van der Waals surface area contributed by atoms with Crippen molar-refractivity contribution in [1.29, 1.82) is 0 Å². The number of rotatable bonds is 4. The number of phenolic OH excluding ortho intramolecular Hbond substituents is 1. The van der Waals surface area contributed by atoms with E-state index in [2.05, 4.69) is 0 Å². The van der Waals surface area contributed by atoms with Crippen molar-refractivity contribution < 1.29 is 19.8 Å². The van der Waals surface area contributed by atoms with Crippen LogP contribution in [-0.4, -0.2) is 40.1 Å². The minimum atomic E-state index is -0.765. The third-order valence-electron chi connectivity index (χ3n) is 3.72. The third kappa shape index (κ3) is 3.98. The van der Waals surface area contributed by atoms with Gasteiger partial charge >= 0.3 is 5.97 Å². The number of hydrogen-bond acceptors (Lipinski definition) is 3. The first-order chi connectivity index (χ1) is 9.54. The molecule has 20 heavy (non-hydrogen) atoms. The summed E-state index contributed by atoms with van der Waals surface area (Å²) < 4.78 is 0. The number of hydrogen-bond donors (Lipinski definition) is 2. The summed E-state index contributed by atoms with van der Waals surface area (Å²) in [6.07, 6.45) is 2.03. The van der Waals surface area contributed by atoms with Gasteiger partial charge in [0.15, 0.2) is 0 Å². The molecule has 1 aliphatic heterocycles. The fourth-order valence-corrected chi connectivity index (χ4v) is 2.53. The second-order valence-corrected chi connectivity index (χ2v) is 5.27. The molecule has 5 nitrogen and oxygen atoms in total. The van der Waals surface area contributed by atoms with Gasteiger partial charge in [0, 0.05) is 19.5 Å². The highest BCUT2D eigenvalue weighted by atomic mass is 16.4. The van der Waals surface area contributed by atoms with Gasteiger partial charge in [0.1, 0.15) is 5.75 Å². The third-order valence-corrected chi connectivity index (χ3v) is 3.72. The molecule has 1 heterocycles. The average Bonchev–Trinajstić information content (AvgIpc) is 2.41. The zero-order valence-corrected chi connectivity index (χ0v) is 11.3. The van der Waals surface area contributed by atoms with Crippen molar-refractivity contribution in [1.82, 2.24) is 4.90 Å². The van der Waals surface area contributed by atoms with Crippen LogP contribution in [0.5, 0.6) is 5.75 Å². The number of carboxylic acid groups (broad SMARTS) is 1. The highest BCUT2D eigenvalue weighted by Crippen LogP contribution is 2.21. The Hall–Kier alpha value is -2.04. The number of piperidine rings is 1. The Morgan fingerprint density at radius 3 is 2.30 bits per heavy atom. The van der Waals surface area contributed by atoms with E-state index in [1.54, 1.807) is 29.2 Å². The lowest BCUT2D eigenvalue weighted by Crippen LogP contribution is -2.39. The van der Waals surface area contributed by atoms with Gasteiger partial charge in [-0.15, -0.1) is 0 Å². The highest BCUT2D eigenvalue weighted by Gasteiger charge is 2.24. The maximum absolute atomic E-state index is 12.1. The summed E-state index contributed by atoms with van der Waals surface area (Å²) in [7, 11) is 0. The van der Waals surface area contributed by atoms with Crippen LogP contribution in [0.4, 0.5) is 0 Å². The molecule has 1 aliphatic rings. The molecule has 1 fully saturated rings. The first-order valence-electron chi connectivity index (χ1n) is 6.82. The van der Waals surface area contributed by atoms with Crippen LogP contribution >= 0.6 is 0 Å². The largest absolute Gasteiger partial charge is 0.508 e. The predicted octanol–water partition coefficient (Wildman–Crippen LogP) is 1.65. The van der Waals surface area contributed by atoms with Gasteiger partial charge in [-0.3, -0.25) is 9.59 Å². The van der Waals surface area contributed by atoms with Crippen molar-refractivity contribution in [2.24, 2.45) is 5.92 Å². The number of carboxylic acids is 1. The van der Waals surface area contributed by atoms with Gasteiger partial charge in [-0.1, -0.05) is 12.1 Å².